The molecule has 0 amide bonds. The summed E-state index contributed by atoms with van der Waals surface area (Å²) in [5, 5.41) is 3.34. The van der Waals surface area contributed by atoms with Crippen LogP contribution in [0, 0.1) is 5.92 Å². The van der Waals surface area contributed by atoms with Gasteiger partial charge >= 0.3 is 18.1 Å². The van der Waals surface area contributed by atoms with Crippen molar-refractivity contribution in [3.8, 4) is 0 Å². The van der Waals surface area contributed by atoms with Crippen LogP contribution in [0.25, 0.3) is 0 Å². The summed E-state index contributed by atoms with van der Waals surface area (Å²) in [6.07, 6.45) is 39.6. The van der Waals surface area contributed by atoms with Crippen LogP contribution in [0.3, 0.4) is 0 Å². The van der Waals surface area contributed by atoms with Gasteiger partial charge in [0.2, 0.25) is 0 Å². The van der Waals surface area contributed by atoms with E-state index in [1.54, 1.807) is 0 Å². The molecule has 0 radical (unpaired) electrons. The molecule has 1 aliphatic rings. The monoisotopic (exact) mass is 926 g/mol. The van der Waals surface area contributed by atoms with Crippen LogP contribution in [0.15, 0.2) is 42.5 Å². The lowest BCUT2D eigenvalue weighted by molar-refractivity contribution is -0.160. The molecular formula is C56H95NO9. The third-order valence-electron chi connectivity index (χ3n) is 12.4. The van der Waals surface area contributed by atoms with Crippen molar-refractivity contribution >= 4 is 18.1 Å². The van der Waals surface area contributed by atoms with Crippen LogP contribution in [0.5, 0.6) is 0 Å². The number of hydrogen-bond donors (Lipinski definition) is 1. The van der Waals surface area contributed by atoms with E-state index in [2.05, 4.69) is 50.4 Å². The molecule has 10 nitrogen and oxygen atoms in total. The van der Waals surface area contributed by atoms with Gasteiger partial charge in [-0.2, -0.15) is 0 Å². The van der Waals surface area contributed by atoms with Crippen LogP contribution in [0.1, 0.15) is 230 Å². The maximum absolute atomic E-state index is 13.1. The fraction of sp³-hybridized carbons (Fsp3) is 0.768. The molecule has 1 aromatic rings. The summed E-state index contributed by atoms with van der Waals surface area (Å²) in [4.78, 5) is 38.5. The van der Waals surface area contributed by atoms with Gasteiger partial charge in [-0.15, -0.1) is 0 Å². The smallest absolute Gasteiger partial charge is 0.461 e. The van der Waals surface area contributed by atoms with Gasteiger partial charge < -0.3 is 33.7 Å². The first kappa shape index (κ1) is 58.9. The van der Waals surface area contributed by atoms with Crippen LogP contribution >= 0.6 is 0 Å². The summed E-state index contributed by atoms with van der Waals surface area (Å²) in [6, 6.07) is 6.03. The van der Waals surface area contributed by atoms with E-state index < -0.39 is 12.4 Å². The zero-order valence-corrected chi connectivity index (χ0v) is 42.4. The molecule has 1 aromatic carbocycles. The largest absolute Gasteiger partial charge is 0.508 e. The van der Waals surface area contributed by atoms with Crippen molar-refractivity contribution in [2.45, 2.75) is 246 Å². The molecule has 1 N–H and O–H groups in total. The van der Waals surface area contributed by atoms with Crippen LogP contribution < -0.4 is 5.32 Å². The lowest BCUT2D eigenvalue weighted by Crippen LogP contribution is -2.33. The van der Waals surface area contributed by atoms with Crippen molar-refractivity contribution in [2.75, 3.05) is 26.9 Å². The Kier molecular flexibility index (Phi) is 37.4. The van der Waals surface area contributed by atoms with Crippen molar-refractivity contribution in [2.24, 2.45) is 5.92 Å². The number of nitrogens with one attached hydrogen (secondary N) is 1. The van der Waals surface area contributed by atoms with Crippen molar-refractivity contribution in [3.05, 3.63) is 59.2 Å². The van der Waals surface area contributed by atoms with Gasteiger partial charge in [0.25, 0.3) is 0 Å². The van der Waals surface area contributed by atoms with E-state index in [0.717, 1.165) is 102 Å². The average Bonchev–Trinajstić information content (AvgIpc) is 3.33. The van der Waals surface area contributed by atoms with E-state index in [1.165, 1.54) is 77.0 Å². The van der Waals surface area contributed by atoms with E-state index in [9.17, 15) is 14.4 Å². The molecule has 0 heterocycles. The minimum Gasteiger partial charge on any atom is -0.461 e. The first-order chi connectivity index (χ1) is 32.4. The third kappa shape index (κ3) is 33.3. The Balaban J connectivity index is 1.89. The average molecular weight is 926 g/mol. The maximum Gasteiger partial charge on any atom is 0.508 e. The second kappa shape index (κ2) is 41.9. The molecule has 0 saturated heterocycles. The van der Waals surface area contributed by atoms with Gasteiger partial charge in [0.05, 0.1) is 13.0 Å². The fourth-order valence-corrected chi connectivity index (χ4v) is 8.36. The molecule has 0 aromatic heterocycles. The molecule has 1 saturated carbocycles. The maximum atomic E-state index is 13.1. The number of allylic oxidation sites excluding steroid dienone is 4. The number of hydrogen-bond acceptors (Lipinski definition) is 10. The van der Waals surface area contributed by atoms with E-state index in [1.807, 2.05) is 25.2 Å². The van der Waals surface area contributed by atoms with E-state index in [4.69, 9.17) is 28.4 Å². The minimum atomic E-state index is -0.712. The predicted octanol–water partition coefficient (Wildman–Crippen LogP) is 14.9. The number of ether oxygens (including phenoxy) is 6. The third-order valence-corrected chi connectivity index (χ3v) is 12.4. The summed E-state index contributed by atoms with van der Waals surface area (Å²) < 4.78 is 34.8. The highest BCUT2D eigenvalue weighted by atomic mass is 16.7. The van der Waals surface area contributed by atoms with Crippen molar-refractivity contribution in [1.29, 1.82) is 0 Å². The second-order valence-corrected chi connectivity index (χ2v) is 18.6. The Bertz CT molecular complexity index is 1400. The SMILES string of the molecule is CCCCC/C=C\C/C=C\CCCCCCCC(=O)OCc1cc(COC(=O)CCC(OCCCCCCCC)OCCCCCCCC)cc(COC(=O)OCC2CCCC(NC)C2)c1. The second-order valence-electron chi connectivity index (χ2n) is 18.6. The molecule has 0 spiro atoms. The fourth-order valence-electron chi connectivity index (χ4n) is 8.36. The molecule has 10 heteroatoms. The van der Waals surface area contributed by atoms with Gasteiger partial charge in [0.15, 0.2) is 6.29 Å². The first-order valence-electron chi connectivity index (χ1n) is 26.8. The number of carbonyl (C=O) groups is 3. The summed E-state index contributed by atoms with van der Waals surface area (Å²) in [7, 11) is 1.97. The number of unbranched alkanes of at least 4 members (excludes halogenated alkanes) is 18. The first-order valence-corrected chi connectivity index (χ1v) is 26.8. The van der Waals surface area contributed by atoms with Crippen molar-refractivity contribution < 1.29 is 42.8 Å². The van der Waals surface area contributed by atoms with Gasteiger partial charge in [0.1, 0.15) is 19.8 Å². The van der Waals surface area contributed by atoms with E-state index >= 15 is 0 Å². The highest BCUT2D eigenvalue weighted by Crippen LogP contribution is 2.25. The molecule has 1 fully saturated rings. The molecule has 378 valence electrons. The number of esters is 2. The van der Waals surface area contributed by atoms with Gasteiger partial charge in [0, 0.05) is 32.1 Å². The number of carbonyl (C=O) groups excluding carboxylic acids is 3. The minimum absolute atomic E-state index is 0.0229. The van der Waals surface area contributed by atoms with Crippen LogP contribution in [-0.2, 0) is 57.8 Å². The molecular weight excluding hydrogens is 831 g/mol. The van der Waals surface area contributed by atoms with Crippen LogP contribution in [0.2, 0.25) is 0 Å². The molecule has 0 aliphatic heterocycles. The molecule has 2 atom stereocenters. The normalized spacial score (nSPS) is 15.2. The van der Waals surface area contributed by atoms with Crippen molar-refractivity contribution in [3.63, 3.8) is 0 Å². The summed E-state index contributed by atoms with van der Waals surface area (Å²) in [6.45, 7) is 8.32. The molecule has 0 bridgehead atoms. The highest BCUT2D eigenvalue weighted by molar-refractivity contribution is 5.69. The Morgan fingerprint density at radius 1 is 0.576 bits per heavy atom. The van der Waals surface area contributed by atoms with Gasteiger partial charge in [-0.05, 0) is 118 Å². The Hall–Kier alpha value is -3.21. The summed E-state index contributed by atoms with van der Waals surface area (Å²) >= 11 is 0. The summed E-state index contributed by atoms with van der Waals surface area (Å²) in [5.74, 6) is -0.277. The quantitative estimate of drug-likeness (QED) is 0.0223. The number of benzene rings is 1. The van der Waals surface area contributed by atoms with Crippen LogP contribution in [-0.4, -0.2) is 57.3 Å². The van der Waals surface area contributed by atoms with E-state index in [-0.39, 0.29) is 38.2 Å². The highest BCUT2D eigenvalue weighted by Gasteiger charge is 2.22. The topological polar surface area (TPSA) is 119 Å². The standard InChI is InChI=1S/C56H95NO9/c1-5-8-11-14-17-18-19-20-21-22-23-24-25-26-29-35-53(58)63-45-49-40-50(42-51(41-49)47-66-56(60)65-44-48-33-32-34-52(43-48)57-4)46-64-54(59)36-37-55(61-38-30-27-15-12-9-6-2)62-39-31-28-16-13-10-7-3/h17-18,20-21,40-42,48,52,55,57H,5-16,19,22-39,43-47H2,1-4H3/b18-17-,21-20-. The molecule has 2 unspecified atom stereocenters. The lowest BCUT2D eigenvalue weighted by Gasteiger charge is -2.28. The lowest BCUT2D eigenvalue weighted by atomic mass is 9.86. The number of rotatable bonds is 42. The molecule has 66 heavy (non-hydrogen) atoms. The van der Waals surface area contributed by atoms with Gasteiger partial charge in [-0.25, -0.2) is 4.79 Å². The zero-order chi connectivity index (χ0) is 47.6. The molecule has 1 aliphatic carbocycles. The van der Waals surface area contributed by atoms with Crippen LogP contribution in [0.4, 0.5) is 4.79 Å². The van der Waals surface area contributed by atoms with E-state index in [0.29, 0.717) is 55.7 Å². The van der Waals surface area contributed by atoms with Crippen molar-refractivity contribution in [1.82, 2.24) is 5.32 Å². The Labute approximate surface area is 402 Å². The summed E-state index contributed by atoms with van der Waals surface area (Å²) in [5.41, 5.74) is 2.14. The van der Waals surface area contributed by atoms with Gasteiger partial charge in [-0.3, -0.25) is 9.59 Å². The Morgan fingerprint density at radius 2 is 1.06 bits per heavy atom. The zero-order valence-electron chi connectivity index (χ0n) is 42.4. The van der Waals surface area contributed by atoms with Gasteiger partial charge in [-0.1, -0.05) is 148 Å². The predicted molar refractivity (Wildman–Crippen MR) is 268 cm³/mol. The Morgan fingerprint density at radius 3 is 1.64 bits per heavy atom. The molecule has 2 rings (SSSR count).